The van der Waals surface area contributed by atoms with Crippen LogP contribution in [0.3, 0.4) is 0 Å². The second-order valence-electron chi connectivity index (χ2n) is 9.15. The molecule has 1 aromatic carbocycles. The molecule has 0 aromatic heterocycles. The van der Waals surface area contributed by atoms with Gasteiger partial charge >= 0.3 is 0 Å². The Hall–Kier alpha value is -1.04. The van der Waals surface area contributed by atoms with Crippen LogP contribution in [0.1, 0.15) is 75.5 Å². The van der Waals surface area contributed by atoms with Crippen LogP contribution in [-0.2, 0) is 19.3 Å². The van der Waals surface area contributed by atoms with Crippen LogP contribution in [-0.4, -0.2) is 0 Å². The third kappa shape index (κ3) is 3.74. The zero-order valence-corrected chi connectivity index (χ0v) is 16.3. The Morgan fingerprint density at radius 3 is 2.44 bits per heavy atom. The van der Waals surface area contributed by atoms with E-state index in [1.807, 2.05) is 0 Å². The molecule has 5 unspecified atom stereocenters. The van der Waals surface area contributed by atoms with Gasteiger partial charge in [0.25, 0.3) is 0 Å². The molecule has 0 heterocycles. The molecular formula is C25H36. The number of allylic oxidation sites excluding steroid dienone is 2. The van der Waals surface area contributed by atoms with E-state index in [0.29, 0.717) is 0 Å². The lowest BCUT2D eigenvalue weighted by Crippen LogP contribution is -2.34. The normalized spacial score (nSPS) is 35.4. The van der Waals surface area contributed by atoms with Crippen molar-refractivity contribution in [1.82, 2.24) is 0 Å². The molecule has 1 aromatic rings. The summed E-state index contributed by atoms with van der Waals surface area (Å²) in [5.74, 6) is 4.95. The first kappa shape index (κ1) is 17.4. The van der Waals surface area contributed by atoms with Crippen molar-refractivity contribution >= 4 is 0 Å². The highest BCUT2D eigenvalue weighted by atomic mass is 14.4. The minimum Gasteiger partial charge on any atom is -0.0914 e. The van der Waals surface area contributed by atoms with Gasteiger partial charge in [0.1, 0.15) is 0 Å². The van der Waals surface area contributed by atoms with E-state index in [-0.39, 0.29) is 0 Å². The zero-order valence-electron chi connectivity index (χ0n) is 16.3. The fourth-order valence-corrected chi connectivity index (χ4v) is 6.30. The third-order valence-electron chi connectivity index (χ3n) is 7.77. The SMILES string of the molecule is C/C=C/C1CCC2CC(C3CCc4cc(CC)ccc4C3)CCC2C1. The summed E-state index contributed by atoms with van der Waals surface area (Å²) >= 11 is 0. The first-order valence-corrected chi connectivity index (χ1v) is 11.0. The molecule has 4 rings (SSSR count). The third-order valence-corrected chi connectivity index (χ3v) is 7.77. The van der Waals surface area contributed by atoms with Gasteiger partial charge in [-0.2, -0.15) is 0 Å². The number of benzene rings is 1. The molecule has 0 N–H and O–H groups in total. The van der Waals surface area contributed by atoms with Crippen LogP contribution in [0.2, 0.25) is 0 Å². The van der Waals surface area contributed by atoms with E-state index in [1.165, 1.54) is 63.4 Å². The van der Waals surface area contributed by atoms with Gasteiger partial charge in [0.15, 0.2) is 0 Å². The molecule has 3 aliphatic carbocycles. The fraction of sp³-hybridized carbons (Fsp3) is 0.680. The summed E-state index contributed by atoms with van der Waals surface area (Å²) in [6.07, 6.45) is 19.1. The molecule has 2 saturated carbocycles. The molecule has 0 aliphatic heterocycles. The highest BCUT2D eigenvalue weighted by Crippen LogP contribution is 2.48. The van der Waals surface area contributed by atoms with E-state index in [4.69, 9.17) is 0 Å². The molecule has 0 spiro atoms. The predicted octanol–water partition coefficient (Wildman–Crippen LogP) is 6.76. The van der Waals surface area contributed by atoms with Crippen molar-refractivity contribution in [3.05, 3.63) is 47.0 Å². The van der Waals surface area contributed by atoms with Gasteiger partial charge in [0, 0.05) is 0 Å². The second-order valence-corrected chi connectivity index (χ2v) is 9.15. The van der Waals surface area contributed by atoms with E-state index in [2.05, 4.69) is 44.2 Å². The standard InChI is InChI=1S/C25H36/c1-3-5-19-7-9-23-17-25(13-11-21(23)15-19)24-12-10-20-14-18(4-2)6-8-22(20)16-24/h3,5-6,8,14,19,21,23-25H,4,7,9-13,15-17H2,1-2H3/b5-3+. The van der Waals surface area contributed by atoms with Gasteiger partial charge in [-0.3, -0.25) is 0 Å². The zero-order chi connectivity index (χ0) is 17.2. The molecule has 2 fully saturated rings. The van der Waals surface area contributed by atoms with Crippen LogP contribution in [0.25, 0.3) is 0 Å². The molecule has 0 amide bonds. The van der Waals surface area contributed by atoms with Crippen LogP contribution in [0, 0.1) is 29.6 Å². The van der Waals surface area contributed by atoms with Crippen molar-refractivity contribution < 1.29 is 0 Å². The molecule has 0 saturated heterocycles. The molecule has 136 valence electrons. The van der Waals surface area contributed by atoms with Crippen molar-refractivity contribution in [2.24, 2.45) is 29.6 Å². The van der Waals surface area contributed by atoms with Crippen LogP contribution < -0.4 is 0 Å². The Kier molecular flexibility index (Phi) is 5.34. The van der Waals surface area contributed by atoms with Crippen molar-refractivity contribution in [3.8, 4) is 0 Å². The van der Waals surface area contributed by atoms with Crippen LogP contribution in [0.15, 0.2) is 30.4 Å². The summed E-state index contributed by atoms with van der Waals surface area (Å²) in [6.45, 7) is 4.46. The maximum Gasteiger partial charge on any atom is -0.0231 e. The molecule has 5 atom stereocenters. The second kappa shape index (κ2) is 7.68. The Morgan fingerprint density at radius 2 is 1.64 bits per heavy atom. The number of aryl methyl sites for hydroxylation is 2. The summed E-state index contributed by atoms with van der Waals surface area (Å²) in [4.78, 5) is 0. The summed E-state index contributed by atoms with van der Waals surface area (Å²) in [5.41, 5.74) is 4.86. The average Bonchev–Trinajstić information content (AvgIpc) is 2.67. The Morgan fingerprint density at radius 1 is 0.880 bits per heavy atom. The first-order chi connectivity index (χ1) is 12.3. The molecular weight excluding hydrogens is 300 g/mol. The van der Waals surface area contributed by atoms with Crippen molar-refractivity contribution in [2.75, 3.05) is 0 Å². The van der Waals surface area contributed by atoms with E-state index in [1.54, 1.807) is 17.5 Å². The van der Waals surface area contributed by atoms with Gasteiger partial charge in [0.05, 0.1) is 0 Å². The van der Waals surface area contributed by atoms with Crippen molar-refractivity contribution in [1.29, 1.82) is 0 Å². The summed E-state index contributed by atoms with van der Waals surface area (Å²) < 4.78 is 0. The lowest BCUT2D eigenvalue weighted by Gasteiger charge is -2.44. The smallest absolute Gasteiger partial charge is 0.0231 e. The fourth-order valence-electron chi connectivity index (χ4n) is 6.30. The van der Waals surface area contributed by atoms with Crippen molar-refractivity contribution in [3.63, 3.8) is 0 Å². The largest absolute Gasteiger partial charge is 0.0914 e. The molecule has 0 nitrogen and oxygen atoms in total. The van der Waals surface area contributed by atoms with Gasteiger partial charge in [0.2, 0.25) is 0 Å². The van der Waals surface area contributed by atoms with E-state index < -0.39 is 0 Å². The molecule has 3 aliphatic rings. The number of rotatable bonds is 3. The Balaban J connectivity index is 1.38. The van der Waals surface area contributed by atoms with E-state index >= 15 is 0 Å². The summed E-state index contributed by atoms with van der Waals surface area (Å²) in [7, 11) is 0. The topological polar surface area (TPSA) is 0 Å². The van der Waals surface area contributed by atoms with Crippen LogP contribution >= 0.6 is 0 Å². The molecule has 0 heteroatoms. The van der Waals surface area contributed by atoms with Crippen LogP contribution in [0.5, 0.6) is 0 Å². The predicted molar refractivity (Wildman–Crippen MR) is 108 cm³/mol. The van der Waals surface area contributed by atoms with Gasteiger partial charge in [-0.05, 0) is 117 Å². The Labute approximate surface area is 155 Å². The highest BCUT2D eigenvalue weighted by molar-refractivity contribution is 5.34. The van der Waals surface area contributed by atoms with E-state index in [0.717, 1.165) is 29.6 Å². The number of hydrogen-bond acceptors (Lipinski definition) is 0. The number of hydrogen-bond donors (Lipinski definition) is 0. The summed E-state index contributed by atoms with van der Waals surface area (Å²) in [5, 5.41) is 0. The van der Waals surface area contributed by atoms with E-state index in [9.17, 15) is 0 Å². The van der Waals surface area contributed by atoms with Crippen LogP contribution in [0.4, 0.5) is 0 Å². The molecule has 25 heavy (non-hydrogen) atoms. The molecule has 0 radical (unpaired) electrons. The Bertz CT molecular complexity index is 610. The minimum absolute atomic E-state index is 0.886. The average molecular weight is 337 g/mol. The minimum atomic E-state index is 0.886. The highest BCUT2D eigenvalue weighted by Gasteiger charge is 2.38. The maximum absolute atomic E-state index is 2.49. The first-order valence-electron chi connectivity index (χ1n) is 11.0. The van der Waals surface area contributed by atoms with Gasteiger partial charge in [-0.15, -0.1) is 0 Å². The molecule has 0 bridgehead atoms. The monoisotopic (exact) mass is 336 g/mol. The maximum atomic E-state index is 2.49. The van der Waals surface area contributed by atoms with Gasteiger partial charge < -0.3 is 0 Å². The quantitative estimate of drug-likeness (QED) is 0.535. The van der Waals surface area contributed by atoms with Crippen molar-refractivity contribution in [2.45, 2.75) is 78.1 Å². The summed E-state index contributed by atoms with van der Waals surface area (Å²) in [6, 6.07) is 7.32. The number of fused-ring (bicyclic) bond motifs is 2. The van der Waals surface area contributed by atoms with Gasteiger partial charge in [-0.25, -0.2) is 0 Å². The van der Waals surface area contributed by atoms with Gasteiger partial charge in [-0.1, -0.05) is 37.3 Å². The lowest BCUT2D eigenvalue weighted by atomic mass is 9.61. The lowest BCUT2D eigenvalue weighted by molar-refractivity contribution is 0.0810.